The lowest BCUT2D eigenvalue weighted by molar-refractivity contribution is 0.277. The third kappa shape index (κ3) is 2.51. The Morgan fingerprint density at radius 2 is 1.95 bits per heavy atom. The summed E-state index contributed by atoms with van der Waals surface area (Å²) in [5, 5.41) is 17.7. The molecule has 0 radical (unpaired) electrons. The minimum absolute atomic E-state index is 0.253. The predicted octanol–water partition coefficient (Wildman–Crippen LogP) is 3.18. The third-order valence-electron chi connectivity index (χ3n) is 3.58. The molecule has 1 heterocycles. The molecule has 0 fully saturated rings. The monoisotopic (exact) mass is 297 g/mol. The van der Waals surface area contributed by atoms with Crippen LogP contribution in [0.3, 0.4) is 0 Å². The molecule has 3 aromatic rings. The number of aromatic nitrogens is 3. The minimum atomic E-state index is -0.338. The van der Waals surface area contributed by atoms with Crippen molar-refractivity contribution in [2.24, 2.45) is 0 Å². The van der Waals surface area contributed by atoms with Crippen molar-refractivity contribution in [1.29, 1.82) is 0 Å². The predicted molar refractivity (Wildman–Crippen MR) is 82.1 cm³/mol. The Morgan fingerprint density at radius 1 is 1.14 bits per heavy atom. The second kappa shape index (κ2) is 5.69. The van der Waals surface area contributed by atoms with E-state index >= 15 is 0 Å². The molecular formula is C17H16FN3O. The lowest BCUT2D eigenvalue weighted by Crippen LogP contribution is -2.03. The molecule has 0 aliphatic heterocycles. The van der Waals surface area contributed by atoms with E-state index in [-0.39, 0.29) is 12.4 Å². The molecule has 0 unspecified atom stereocenters. The third-order valence-corrected chi connectivity index (χ3v) is 3.58. The molecule has 1 aromatic heterocycles. The van der Waals surface area contributed by atoms with Crippen LogP contribution >= 0.6 is 0 Å². The largest absolute Gasteiger partial charge is 0.390 e. The van der Waals surface area contributed by atoms with Crippen LogP contribution in [0.2, 0.25) is 0 Å². The van der Waals surface area contributed by atoms with Gasteiger partial charge in [-0.05, 0) is 43.2 Å². The number of hydrogen-bond acceptors (Lipinski definition) is 3. The Bertz CT molecular complexity index is 827. The van der Waals surface area contributed by atoms with Gasteiger partial charge in [-0.15, -0.1) is 5.10 Å². The van der Waals surface area contributed by atoms with Crippen LogP contribution < -0.4 is 0 Å². The summed E-state index contributed by atoms with van der Waals surface area (Å²) in [5.74, 6) is -0.338. The van der Waals surface area contributed by atoms with Gasteiger partial charge in [-0.25, -0.2) is 9.07 Å². The molecule has 0 aliphatic carbocycles. The van der Waals surface area contributed by atoms with Crippen molar-refractivity contribution in [3.63, 3.8) is 0 Å². The fourth-order valence-electron chi connectivity index (χ4n) is 2.46. The van der Waals surface area contributed by atoms with Gasteiger partial charge in [-0.1, -0.05) is 29.5 Å². The minimum Gasteiger partial charge on any atom is -0.390 e. The van der Waals surface area contributed by atoms with Gasteiger partial charge >= 0.3 is 0 Å². The Hall–Kier alpha value is -2.53. The van der Waals surface area contributed by atoms with Crippen LogP contribution in [0.4, 0.5) is 4.39 Å². The number of aliphatic hydroxyl groups excluding tert-OH is 1. The normalized spacial score (nSPS) is 10.9. The smallest absolute Gasteiger partial charge is 0.123 e. The summed E-state index contributed by atoms with van der Waals surface area (Å²) < 4.78 is 15.2. The van der Waals surface area contributed by atoms with E-state index in [1.165, 1.54) is 12.1 Å². The average Bonchev–Trinajstić information content (AvgIpc) is 2.93. The second-order valence-electron chi connectivity index (χ2n) is 5.25. The Labute approximate surface area is 127 Å². The van der Waals surface area contributed by atoms with Gasteiger partial charge in [0.25, 0.3) is 0 Å². The molecule has 0 atom stereocenters. The molecule has 0 saturated heterocycles. The molecule has 2 aromatic carbocycles. The van der Waals surface area contributed by atoms with Crippen molar-refractivity contribution in [2.75, 3.05) is 0 Å². The van der Waals surface area contributed by atoms with E-state index in [9.17, 15) is 9.50 Å². The molecule has 22 heavy (non-hydrogen) atoms. The number of aliphatic hydroxyl groups is 1. The first kappa shape index (κ1) is 14.4. The van der Waals surface area contributed by atoms with Gasteiger partial charge < -0.3 is 5.11 Å². The summed E-state index contributed by atoms with van der Waals surface area (Å²) in [6, 6.07) is 12.2. The van der Waals surface area contributed by atoms with Gasteiger partial charge in [0, 0.05) is 5.56 Å². The summed E-state index contributed by atoms with van der Waals surface area (Å²) >= 11 is 0. The standard InChI is InChI=1S/C17H16FN3O/c1-11-6-7-12(2)16(8-11)21-17(15(10-22)19-20-21)13-4-3-5-14(18)9-13/h3-9,22H,10H2,1-2H3. The van der Waals surface area contributed by atoms with E-state index in [2.05, 4.69) is 10.3 Å². The van der Waals surface area contributed by atoms with Gasteiger partial charge in [-0.2, -0.15) is 0 Å². The molecule has 0 amide bonds. The molecule has 1 N–H and O–H groups in total. The first-order valence-electron chi connectivity index (χ1n) is 6.99. The number of aryl methyl sites for hydroxylation is 2. The molecule has 3 rings (SSSR count). The quantitative estimate of drug-likeness (QED) is 0.808. The molecule has 0 aliphatic rings. The zero-order valence-electron chi connectivity index (χ0n) is 12.4. The topological polar surface area (TPSA) is 50.9 Å². The van der Waals surface area contributed by atoms with Crippen molar-refractivity contribution in [3.8, 4) is 16.9 Å². The molecular weight excluding hydrogens is 281 g/mol. The van der Waals surface area contributed by atoms with Crippen LogP contribution in [0, 0.1) is 19.7 Å². The van der Waals surface area contributed by atoms with Crippen molar-refractivity contribution in [1.82, 2.24) is 15.0 Å². The number of halogens is 1. The SMILES string of the molecule is Cc1ccc(C)c(-n2nnc(CO)c2-c2cccc(F)c2)c1. The molecule has 0 saturated carbocycles. The number of rotatable bonds is 3. The molecule has 112 valence electrons. The van der Waals surface area contributed by atoms with Crippen molar-refractivity contribution in [2.45, 2.75) is 20.5 Å². The fraction of sp³-hybridized carbons (Fsp3) is 0.176. The molecule has 4 nitrogen and oxygen atoms in total. The van der Waals surface area contributed by atoms with Gasteiger partial charge in [0.05, 0.1) is 12.3 Å². The van der Waals surface area contributed by atoms with E-state index in [4.69, 9.17) is 0 Å². The maximum atomic E-state index is 13.6. The highest BCUT2D eigenvalue weighted by atomic mass is 19.1. The first-order chi connectivity index (χ1) is 10.6. The van der Waals surface area contributed by atoms with E-state index < -0.39 is 0 Å². The summed E-state index contributed by atoms with van der Waals surface area (Å²) in [5.41, 5.74) is 4.65. The van der Waals surface area contributed by atoms with Gasteiger partial charge in [-0.3, -0.25) is 0 Å². The van der Waals surface area contributed by atoms with E-state index in [1.54, 1.807) is 16.8 Å². The van der Waals surface area contributed by atoms with Crippen LogP contribution in [0.1, 0.15) is 16.8 Å². The zero-order valence-corrected chi connectivity index (χ0v) is 12.4. The highest BCUT2D eigenvalue weighted by Crippen LogP contribution is 2.27. The van der Waals surface area contributed by atoms with Crippen LogP contribution in [0.15, 0.2) is 42.5 Å². The summed E-state index contributed by atoms with van der Waals surface area (Å²) in [7, 11) is 0. The number of benzene rings is 2. The molecule has 5 heteroatoms. The maximum absolute atomic E-state index is 13.6. The van der Waals surface area contributed by atoms with Crippen LogP contribution in [-0.2, 0) is 6.61 Å². The Morgan fingerprint density at radius 3 is 2.68 bits per heavy atom. The maximum Gasteiger partial charge on any atom is 0.123 e. The van der Waals surface area contributed by atoms with E-state index in [0.29, 0.717) is 17.0 Å². The molecule has 0 spiro atoms. The van der Waals surface area contributed by atoms with Gasteiger partial charge in [0.1, 0.15) is 17.2 Å². The molecule has 0 bridgehead atoms. The lowest BCUT2D eigenvalue weighted by Gasteiger charge is -2.11. The van der Waals surface area contributed by atoms with Crippen LogP contribution in [0.5, 0.6) is 0 Å². The summed E-state index contributed by atoms with van der Waals surface area (Å²) in [6.07, 6.45) is 0. The van der Waals surface area contributed by atoms with Gasteiger partial charge in [0.15, 0.2) is 0 Å². The Kier molecular flexibility index (Phi) is 3.73. The fourth-order valence-corrected chi connectivity index (χ4v) is 2.46. The van der Waals surface area contributed by atoms with Crippen molar-refractivity contribution >= 4 is 0 Å². The highest BCUT2D eigenvalue weighted by molar-refractivity contribution is 5.65. The zero-order chi connectivity index (χ0) is 15.7. The Balaban J connectivity index is 2.26. The van der Waals surface area contributed by atoms with E-state index in [0.717, 1.165) is 16.8 Å². The lowest BCUT2D eigenvalue weighted by atomic mass is 10.1. The second-order valence-corrected chi connectivity index (χ2v) is 5.25. The van der Waals surface area contributed by atoms with Crippen LogP contribution in [0.25, 0.3) is 16.9 Å². The highest BCUT2D eigenvalue weighted by Gasteiger charge is 2.17. The number of hydrogen-bond donors (Lipinski definition) is 1. The summed E-state index contributed by atoms with van der Waals surface area (Å²) in [4.78, 5) is 0. The number of nitrogens with zero attached hydrogens (tertiary/aromatic N) is 3. The van der Waals surface area contributed by atoms with E-state index in [1.807, 2.05) is 32.0 Å². The summed E-state index contributed by atoms with van der Waals surface area (Å²) in [6.45, 7) is 3.72. The average molecular weight is 297 g/mol. The van der Waals surface area contributed by atoms with Crippen molar-refractivity contribution < 1.29 is 9.50 Å². The van der Waals surface area contributed by atoms with Crippen molar-refractivity contribution in [3.05, 3.63) is 65.1 Å². The van der Waals surface area contributed by atoms with Crippen LogP contribution in [-0.4, -0.2) is 20.1 Å². The first-order valence-corrected chi connectivity index (χ1v) is 6.99. The van der Waals surface area contributed by atoms with Gasteiger partial charge in [0.2, 0.25) is 0 Å².